The van der Waals surface area contributed by atoms with Gasteiger partial charge in [0.2, 0.25) is 5.91 Å². The Morgan fingerprint density at radius 2 is 2.09 bits per heavy atom. The van der Waals surface area contributed by atoms with E-state index in [1.165, 1.54) is 0 Å². The minimum atomic E-state index is -0.319. The van der Waals surface area contributed by atoms with E-state index in [0.717, 1.165) is 12.8 Å². The summed E-state index contributed by atoms with van der Waals surface area (Å²) >= 11 is 0. The van der Waals surface area contributed by atoms with Crippen LogP contribution in [0.15, 0.2) is 24.3 Å². The first-order chi connectivity index (χ1) is 10.5. The largest absolute Gasteiger partial charge is 0.491 e. The molecule has 0 bridgehead atoms. The van der Waals surface area contributed by atoms with E-state index < -0.39 is 0 Å². The van der Waals surface area contributed by atoms with E-state index in [1.807, 2.05) is 0 Å². The zero-order valence-electron chi connectivity index (χ0n) is 12.8. The van der Waals surface area contributed by atoms with Crippen molar-refractivity contribution in [1.82, 2.24) is 5.32 Å². The number of amides is 2. The second-order valence-electron chi connectivity index (χ2n) is 5.69. The third-order valence-corrected chi connectivity index (χ3v) is 3.78. The van der Waals surface area contributed by atoms with Crippen molar-refractivity contribution in [3.63, 3.8) is 0 Å². The van der Waals surface area contributed by atoms with Crippen molar-refractivity contribution in [2.75, 3.05) is 26.9 Å². The van der Waals surface area contributed by atoms with Crippen LogP contribution < -0.4 is 15.8 Å². The van der Waals surface area contributed by atoms with Crippen LogP contribution in [0.3, 0.4) is 0 Å². The van der Waals surface area contributed by atoms with Gasteiger partial charge >= 0.3 is 0 Å². The fourth-order valence-electron chi connectivity index (χ4n) is 2.30. The summed E-state index contributed by atoms with van der Waals surface area (Å²) in [6, 6.07) is 6.99. The van der Waals surface area contributed by atoms with Gasteiger partial charge in [-0.2, -0.15) is 0 Å². The number of hydrogen-bond donors (Lipinski definition) is 2. The van der Waals surface area contributed by atoms with Gasteiger partial charge in [-0.15, -0.1) is 0 Å². The molecule has 2 amide bonds. The normalized spacial score (nSPS) is 15.1. The SMILES string of the molecule is COCCOc1cccc(C(=O)NCC2(CC(N)=O)CC2)c1. The van der Waals surface area contributed by atoms with Crippen LogP contribution in [0.5, 0.6) is 5.75 Å². The van der Waals surface area contributed by atoms with E-state index in [9.17, 15) is 9.59 Å². The van der Waals surface area contributed by atoms with Gasteiger partial charge in [0.05, 0.1) is 6.61 Å². The second-order valence-corrected chi connectivity index (χ2v) is 5.69. The van der Waals surface area contributed by atoms with Crippen molar-refractivity contribution in [1.29, 1.82) is 0 Å². The molecule has 1 aliphatic carbocycles. The molecule has 2 rings (SSSR count). The molecule has 1 aromatic rings. The summed E-state index contributed by atoms with van der Waals surface area (Å²) in [7, 11) is 1.60. The maximum absolute atomic E-state index is 12.2. The lowest BCUT2D eigenvalue weighted by Gasteiger charge is -2.14. The topological polar surface area (TPSA) is 90.7 Å². The number of nitrogens with two attached hydrogens (primary N) is 1. The van der Waals surface area contributed by atoms with Crippen LogP contribution in [-0.2, 0) is 9.53 Å². The van der Waals surface area contributed by atoms with Crippen molar-refractivity contribution in [2.24, 2.45) is 11.1 Å². The molecule has 0 aliphatic heterocycles. The number of nitrogens with one attached hydrogen (secondary N) is 1. The van der Waals surface area contributed by atoms with E-state index in [4.69, 9.17) is 15.2 Å². The molecule has 1 aromatic carbocycles. The summed E-state index contributed by atoms with van der Waals surface area (Å²) in [5.74, 6) is 0.135. The lowest BCUT2D eigenvalue weighted by atomic mass is 10.0. The minimum Gasteiger partial charge on any atom is -0.491 e. The molecular weight excluding hydrogens is 284 g/mol. The van der Waals surface area contributed by atoms with Crippen molar-refractivity contribution in [3.8, 4) is 5.75 Å². The summed E-state index contributed by atoms with van der Waals surface area (Å²) in [4.78, 5) is 23.2. The fourth-order valence-corrected chi connectivity index (χ4v) is 2.30. The van der Waals surface area contributed by atoms with Crippen LogP contribution >= 0.6 is 0 Å². The summed E-state index contributed by atoms with van der Waals surface area (Å²) in [6.45, 7) is 1.40. The smallest absolute Gasteiger partial charge is 0.251 e. The first-order valence-electron chi connectivity index (χ1n) is 7.33. The summed E-state index contributed by atoms with van der Waals surface area (Å²) in [6.07, 6.45) is 2.18. The van der Waals surface area contributed by atoms with Crippen LogP contribution in [0, 0.1) is 5.41 Å². The molecule has 0 spiro atoms. The van der Waals surface area contributed by atoms with E-state index in [0.29, 0.717) is 37.5 Å². The van der Waals surface area contributed by atoms with Gasteiger partial charge in [0.1, 0.15) is 12.4 Å². The second kappa shape index (κ2) is 7.26. The molecule has 6 heteroatoms. The number of rotatable bonds is 9. The quantitative estimate of drug-likeness (QED) is 0.668. The van der Waals surface area contributed by atoms with E-state index >= 15 is 0 Å². The van der Waals surface area contributed by atoms with Crippen molar-refractivity contribution < 1.29 is 19.1 Å². The van der Waals surface area contributed by atoms with Gasteiger partial charge < -0.3 is 20.5 Å². The highest BCUT2D eigenvalue weighted by Crippen LogP contribution is 2.48. The molecule has 1 saturated carbocycles. The van der Waals surface area contributed by atoms with Crippen LogP contribution in [0.25, 0.3) is 0 Å². The van der Waals surface area contributed by atoms with Gasteiger partial charge in [0.25, 0.3) is 5.91 Å². The molecule has 6 nitrogen and oxygen atoms in total. The highest BCUT2D eigenvalue weighted by atomic mass is 16.5. The molecule has 0 aromatic heterocycles. The van der Waals surface area contributed by atoms with Crippen LogP contribution in [0.4, 0.5) is 0 Å². The Kier molecular flexibility index (Phi) is 5.38. The zero-order chi connectivity index (χ0) is 16.0. The molecule has 1 aliphatic rings. The maximum Gasteiger partial charge on any atom is 0.251 e. The third-order valence-electron chi connectivity index (χ3n) is 3.78. The third kappa shape index (κ3) is 4.73. The fraction of sp³-hybridized carbons (Fsp3) is 0.500. The molecule has 120 valence electrons. The highest BCUT2D eigenvalue weighted by Gasteiger charge is 2.43. The van der Waals surface area contributed by atoms with E-state index in [2.05, 4.69) is 5.32 Å². The maximum atomic E-state index is 12.2. The van der Waals surface area contributed by atoms with Gasteiger partial charge in [-0.3, -0.25) is 9.59 Å². The Morgan fingerprint density at radius 1 is 1.32 bits per heavy atom. The van der Waals surface area contributed by atoms with Crippen LogP contribution in [-0.4, -0.2) is 38.7 Å². The van der Waals surface area contributed by atoms with Crippen molar-refractivity contribution in [3.05, 3.63) is 29.8 Å². The molecule has 1 fully saturated rings. The lowest BCUT2D eigenvalue weighted by Crippen LogP contribution is -2.32. The average Bonchev–Trinajstić information content (AvgIpc) is 3.24. The molecule has 0 unspecified atom stereocenters. The Bertz CT molecular complexity index is 541. The number of carbonyl (C=O) groups excluding carboxylic acids is 2. The monoisotopic (exact) mass is 306 g/mol. The van der Waals surface area contributed by atoms with Crippen LogP contribution in [0.1, 0.15) is 29.6 Å². The molecule has 0 heterocycles. The predicted molar refractivity (Wildman–Crippen MR) is 81.6 cm³/mol. The highest BCUT2D eigenvalue weighted by molar-refractivity contribution is 5.94. The Labute approximate surface area is 130 Å². The molecule has 3 N–H and O–H groups in total. The van der Waals surface area contributed by atoms with Gasteiger partial charge in [-0.1, -0.05) is 6.07 Å². The number of primary amides is 1. The summed E-state index contributed by atoms with van der Waals surface area (Å²) in [5.41, 5.74) is 5.64. The molecule has 0 atom stereocenters. The molecular formula is C16H22N2O4. The first-order valence-corrected chi connectivity index (χ1v) is 7.33. The van der Waals surface area contributed by atoms with Gasteiger partial charge in [-0.25, -0.2) is 0 Å². The predicted octanol–water partition coefficient (Wildman–Crippen LogP) is 1.10. The number of methoxy groups -OCH3 is 1. The van der Waals surface area contributed by atoms with E-state index in [-0.39, 0.29) is 17.2 Å². The van der Waals surface area contributed by atoms with E-state index in [1.54, 1.807) is 31.4 Å². The standard InChI is InChI=1S/C16H22N2O4/c1-21-7-8-22-13-4-2-3-12(9-13)15(20)18-11-16(5-6-16)10-14(17)19/h2-4,9H,5-8,10-11H2,1H3,(H2,17,19)(H,18,20). The molecule has 0 radical (unpaired) electrons. The average molecular weight is 306 g/mol. The van der Waals surface area contributed by atoms with Crippen molar-refractivity contribution in [2.45, 2.75) is 19.3 Å². The first kappa shape index (κ1) is 16.3. The number of hydrogen-bond acceptors (Lipinski definition) is 4. The molecule has 0 saturated heterocycles. The Hall–Kier alpha value is -2.08. The zero-order valence-corrected chi connectivity index (χ0v) is 12.8. The lowest BCUT2D eigenvalue weighted by molar-refractivity contribution is -0.119. The number of benzene rings is 1. The molecule has 22 heavy (non-hydrogen) atoms. The van der Waals surface area contributed by atoms with Gasteiger partial charge in [0.15, 0.2) is 0 Å². The number of carbonyl (C=O) groups is 2. The van der Waals surface area contributed by atoms with Crippen molar-refractivity contribution >= 4 is 11.8 Å². The Morgan fingerprint density at radius 3 is 2.73 bits per heavy atom. The van der Waals surface area contributed by atoms with Gasteiger partial charge in [0, 0.05) is 25.6 Å². The summed E-state index contributed by atoms with van der Waals surface area (Å²) < 4.78 is 10.4. The Balaban J connectivity index is 1.87. The van der Waals surface area contributed by atoms with Gasteiger partial charge in [-0.05, 0) is 36.5 Å². The summed E-state index contributed by atoms with van der Waals surface area (Å²) in [5, 5.41) is 2.87. The number of ether oxygens (including phenoxy) is 2. The minimum absolute atomic E-state index is 0.131. The van der Waals surface area contributed by atoms with Crippen LogP contribution in [0.2, 0.25) is 0 Å².